The molecule has 8 heteroatoms. The van der Waals surface area contributed by atoms with Gasteiger partial charge in [0.1, 0.15) is 17.3 Å². The maximum absolute atomic E-state index is 13.3. The van der Waals surface area contributed by atoms with Crippen LogP contribution in [-0.4, -0.2) is 37.4 Å². The summed E-state index contributed by atoms with van der Waals surface area (Å²) in [6, 6.07) is 20.6. The minimum Gasteiger partial charge on any atom is -0.497 e. The summed E-state index contributed by atoms with van der Waals surface area (Å²) in [4.78, 5) is 17.5. The van der Waals surface area contributed by atoms with Gasteiger partial charge in [0.25, 0.3) is 5.91 Å². The zero-order valence-electron chi connectivity index (χ0n) is 16.6. The first-order valence-electron chi connectivity index (χ1n) is 9.62. The first-order valence-corrected chi connectivity index (χ1v) is 9.62. The minimum atomic E-state index is -0.295. The van der Waals surface area contributed by atoms with E-state index in [1.807, 2.05) is 54.6 Å². The average Bonchev–Trinajstić information content (AvgIpc) is 3.48. The number of carbonyl (C=O) groups is 1. The highest BCUT2D eigenvalue weighted by Gasteiger charge is 2.20. The van der Waals surface area contributed by atoms with Gasteiger partial charge >= 0.3 is 0 Å². The molecule has 152 valence electrons. The fourth-order valence-electron chi connectivity index (χ4n) is 3.33. The maximum atomic E-state index is 13.3. The highest BCUT2D eigenvalue weighted by Crippen LogP contribution is 2.26. The third kappa shape index (κ3) is 3.51. The SMILES string of the molecule is COc1ccc(-c2nn(-c3ccccc3)cc2C(=O)Nc2ccnc3ccnn23)cc1. The summed E-state index contributed by atoms with van der Waals surface area (Å²) in [5.74, 6) is 0.958. The molecule has 31 heavy (non-hydrogen) atoms. The molecule has 0 aliphatic carbocycles. The number of hydrogen-bond acceptors (Lipinski definition) is 5. The summed E-state index contributed by atoms with van der Waals surface area (Å²) in [5, 5.41) is 11.9. The molecule has 5 aromatic rings. The molecule has 2 aromatic carbocycles. The van der Waals surface area contributed by atoms with Crippen LogP contribution in [0.4, 0.5) is 5.82 Å². The fraction of sp³-hybridized carbons (Fsp3) is 0.0435. The number of rotatable bonds is 5. The molecule has 1 amide bonds. The van der Waals surface area contributed by atoms with Gasteiger partial charge in [0.2, 0.25) is 0 Å². The molecule has 0 saturated heterocycles. The van der Waals surface area contributed by atoms with Crippen molar-refractivity contribution in [2.75, 3.05) is 12.4 Å². The number of nitrogens with one attached hydrogen (secondary N) is 1. The number of hydrogen-bond donors (Lipinski definition) is 1. The van der Waals surface area contributed by atoms with E-state index < -0.39 is 0 Å². The second-order valence-corrected chi connectivity index (χ2v) is 6.79. The van der Waals surface area contributed by atoms with Crippen molar-refractivity contribution in [3.8, 4) is 22.7 Å². The molecule has 5 rings (SSSR count). The molecule has 0 spiro atoms. The van der Waals surface area contributed by atoms with Crippen LogP contribution in [0.1, 0.15) is 10.4 Å². The van der Waals surface area contributed by atoms with Crippen molar-refractivity contribution >= 4 is 17.4 Å². The van der Waals surface area contributed by atoms with Gasteiger partial charge in [0.05, 0.1) is 24.6 Å². The van der Waals surface area contributed by atoms with Crippen LogP contribution in [0.5, 0.6) is 5.75 Å². The number of anilines is 1. The number of amides is 1. The third-order valence-electron chi connectivity index (χ3n) is 4.87. The van der Waals surface area contributed by atoms with E-state index in [1.54, 1.807) is 47.0 Å². The van der Waals surface area contributed by atoms with Gasteiger partial charge in [-0.25, -0.2) is 9.67 Å². The lowest BCUT2D eigenvalue weighted by molar-refractivity contribution is 0.102. The Balaban J connectivity index is 1.57. The lowest BCUT2D eigenvalue weighted by Crippen LogP contribution is -2.15. The summed E-state index contributed by atoms with van der Waals surface area (Å²) in [6.45, 7) is 0. The quantitative estimate of drug-likeness (QED) is 0.476. The molecule has 0 unspecified atom stereocenters. The molecule has 1 N–H and O–H groups in total. The lowest BCUT2D eigenvalue weighted by atomic mass is 10.1. The van der Waals surface area contributed by atoms with Gasteiger partial charge in [-0.1, -0.05) is 18.2 Å². The van der Waals surface area contributed by atoms with E-state index in [-0.39, 0.29) is 5.91 Å². The van der Waals surface area contributed by atoms with Crippen LogP contribution in [0.15, 0.2) is 85.3 Å². The number of nitrogens with zero attached hydrogens (tertiary/aromatic N) is 5. The van der Waals surface area contributed by atoms with Gasteiger partial charge in [-0.15, -0.1) is 0 Å². The number of para-hydroxylation sites is 1. The Kier molecular flexibility index (Phi) is 4.64. The number of ether oxygens (including phenoxy) is 1. The van der Waals surface area contributed by atoms with Crippen molar-refractivity contribution in [2.45, 2.75) is 0 Å². The van der Waals surface area contributed by atoms with Gasteiger partial charge in [-0.05, 0) is 42.5 Å². The largest absolute Gasteiger partial charge is 0.497 e. The van der Waals surface area contributed by atoms with Gasteiger partial charge in [-0.3, -0.25) is 4.79 Å². The molecule has 0 radical (unpaired) electrons. The van der Waals surface area contributed by atoms with Crippen molar-refractivity contribution in [3.63, 3.8) is 0 Å². The lowest BCUT2D eigenvalue weighted by Gasteiger charge is -2.07. The van der Waals surface area contributed by atoms with Crippen molar-refractivity contribution in [1.82, 2.24) is 24.4 Å². The molecule has 3 aromatic heterocycles. The smallest absolute Gasteiger partial charge is 0.260 e. The summed E-state index contributed by atoms with van der Waals surface area (Å²) in [6.07, 6.45) is 4.99. The Bertz CT molecular complexity index is 1360. The fourth-order valence-corrected chi connectivity index (χ4v) is 3.33. The van der Waals surface area contributed by atoms with E-state index in [1.165, 1.54) is 0 Å². The van der Waals surface area contributed by atoms with E-state index in [4.69, 9.17) is 9.84 Å². The third-order valence-corrected chi connectivity index (χ3v) is 4.87. The summed E-state index contributed by atoms with van der Waals surface area (Å²) in [7, 11) is 1.61. The molecule has 3 heterocycles. The summed E-state index contributed by atoms with van der Waals surface area (Å²) < 4.78 is 8.52. The molecule has 0 fully saturated rings. The second-order valence-electron chi connectivity index (χ2n) is 6.79. The van der Waals surface area contributed by atoms with Crippen LogP contribution in [-0.2, 0) is 0 Å². The Morgan fingerprint density at radius 2 is 1.77 bits per heavy atom. The molecule has 0 bridgehead atoms. The highest BCUT2D eigenvalue weighted by molar-refractivity contribution is 6.07. The van der Waals surface area contributed by atoms with Crippen LogP contribution >= 0.6 is 0 Å². The second kappa shape index (κ2) is 7.75. The Morgan fingerprint density at radius 3 is 2.55 bits per heavy atom. The van der Waals surface area contributed by atoms with Crippen LogP contribution in [0.2, 0.25) is 0 Å². The Morgan fingerprint density at radius 1 is 0.968 bits per heavy atom. The van der Waals surface area contributed by atoms with E-state index >= 15 is 0 Å². The molecule has 0 aliphatic rings. The molecular formula is C23H18N6O2. The summed E-state index contributed by atoms with van der Waals surface area (Å²) in [5.41, 5.74) is 3.31. The van der Waals surface area contributed by atoms with Crippen LogP contribution < -0.4 is 10.1 Å². The van der Waals surface area contributed by atoms with Crippen LogP contribution in [0, 0.1) is 0 Å². The zero-order valence-corrected chi connectivity index (χ0v) is 16.6. The van der Waals surface area contributed by atoms with E-state index in [0.29, 0.717) is 22.7 Å². The van der Waals surface area contributed by atoms with Gasteiger partial charge in [-0.2, -0.15) is 14.7 Å². The highest BCUT2D eigenvalue weighted by atomic mass is 16.5. The Labute approximate surface area is 177 Å². The maximum Gasteiger partial charge on any atom is 0.260 e. The zero-order chi connectivity index (χ0) is 21.2. The number of benzene rings is 2. The average molecular weight is 410 g/mol. The first-order chi connectivity index (χ1) is 15.2. The normalized spacial score (nSPS) is 10.9. The standard InChI is InChI=1S/C23H18N6O2/c1-31-18-9-7-16(8-10-18)22-19(15-28(27-22)17-5-3-2-4-6-17)23(30)26-21-11-13-24-20-12-14-25-29(20)21/h2-15H,1H3,(H,26,30). The monoisotopic (exact) mass is 410 g/mol. The van der Waals surface area contributed by atoms with Crippen LogP contribution in [0.25, 0.3) is 22.6 Å². The first kappa shape index (κ1) is 18.6. The molecular weight excluding hydrogens is 392 g/mol. The Hall–Kier alpha value is -4.46. The molecule has 8 nitrogen and oxygen atoms in total. The minimum absolute atomic E-state index is 0.295. The topological polar surface area (TPSA) is 86.3 Å². The van der Waals surface area contributed by atoms with Gasteiger partial charge in [0.15, 0.2) is 5.65 Å². The molecule has 0 aliphatic heterocycles. The van der Waals surface area contributed by atoms with Gasteiger partial charge in [0, 0.05) is 24.0 Å². The van der Waals surface area contributed by atoms with E-state index in [9.17, 15) is 4.79 Å². The van der Waals surface area contributed by atoms with Crippen molar-refractivity contribution in [2.24, 2.45) is 0 Å². The molecule has 0 saturated carbocycles. The number of carbonyl (C=O) groups excluding carboxylic acids is 1. The number of aromatic nitrogens is 5. The number of fused-ring (bicyclic) bond motifs is 1. The molecule has 0 atom stereocenters. The summed E-state index contributed by atoms with van der Waals surface area (Å²) >= 11 is 0. The van der Waals surface area contributed by atoms with E-state index in [0.717, 1.165) is 17.0 Å². The predicted molar refractivity (Wildman–Crippen MR) is 116 cm³/mol. The van der Waals surface area contributed by atoms with Crippen LogP contribution in [0.3, 0.4) is 0 Å². The number of methoxy groups -OCH3 is 1. The van der Waals surface area contributed by atoms with Crippen molar-refractivity contribution in [3.05, 3.63) is 90.9 Å². The van der Waals surface area contributed by atoms with E-state index in [2.05, 4.69) is 15.4 Å². The predicted octanol–water partition coefficient (Wildman–Crippen LogP) is 3.84. The van der Waals surface area contributed by atoms with Crippen molar-refractivity contribution < 1.29 is 9.53 Å². The van der Waals surface area contributed by atoms with Gasteiger partial charge < -0.3 is 10.1 Å². The van der Waals surface area contributed by atoms with Crippen molar-refractivity contribution in [1.29, 1.82) is 0 Å².